The molecule has 5 heteroatoms. The Morgan fingerprint density at radius 2 is 1.93 bits per heavy atom. The van der Waals surface area contributed by atoms with E-state index in [1.807, 2.05) is 18.2 Å². The molecule has 0 fully saturated rings. The summed E-state index contributed by atoms with van der Waals surface area (Å²) in [5.41, 5.74) is 2.86. The number of pyridine rings is 1. The molecule has 29 heavy (non-hydrogen) atoms. The van der Waals surface area contributed by atoms with E-state index >= 15 is 0 Å². The number of benzene rings is 1. The Kier molecular flexibility index (Phi) is 7.22. The zero-order chi connectivity index (χ0) is 20.5. The first-order chi connectivity index (χ1) is 14.2. The lowest BCUT2D eigenvalue weighted by molar-refractivity contribution is 0.0949. The van der Waals surface area contributed by atoms with Gasteiger partial charge < -0.3 is 14.8 Å². The summed E-state index contributed by atoms with van der Waals surface area (Å²) in [4.78, 5) is 16.8. The summed E-state index contributed by atoms with van der Waals surface area (Å²) in [5.74, 6) is 0.643. The molecule has 3 rings (SSSR count). The first kappa shape index (κ1) is 20.4. The first-order valence-corrected chi connectivity index (χ1v) is 9.68. The fourth-order valence-electron chi connectivity index (χ4n) is 3.33. The second-order valence-corrected chi connectivity index (χ2v) is 6.65. The van der Waals surface area contributed by atoms with Crippen LogP contribution in [0.15, 0.2) is 78.4 Å². The zero-order valence-electron chi connectivity index (χ0n) is 16.8. The average molecular weight is 390 g/mol. The Bertz CT molecular complexity index is 917. The van der Waals surface area contributed by atoms with Gasteiger partial charge >= 0.3 is 0 Å². The molecule has 0 saturated carbocycles. The molecule has 1 aliphatic rings. The van der Waals surface area contributed by atoms with E-state index in [9.17, 15) is 4.79 Å². The summed E-state index contributed by atoms with van der Waals surface area (Å²) in [6.07, 6.45) is 12.4. The van der Waals surface area contributed by atoms with Crippen LogP contribution in [0.1, 0.15) is 34.7 Å². The molecule has 0 aliphatic heterocycles. The maximum Gasteiger partial charge on any atom is 0.256 e. The van der Waals surface area contributed by atoms with Crippen LogP contribution in [0.25, 0.3) is 0 Å². The number of hydrogen-bond donors (Lipinski definition) is 1. The molecule has 1 heterocycles. The number of ether oxygens (including phenoxy) is 2. The number of carbonyl (C=O) groups is 1. The molecule has 1 aromatic heterocycles. The number of aromatic nitrogens is 1. The molecule has 2 aromatic rings. The van der Waals surface area contributed by atoms with Crippen LogP contribution in [-0.2, 0) is 0 Å². The number of allylic oxidation sites excluding steroid dienone is 6. The van der Waals surface area contributed by atoms with Crippen molar-refractivity contribution in [2.24, 2.45) is 0 Å². The van der Waals surface area contributed by atoms with Gasteiger partial charge in [0.2, 0.25) is 11.8 Å². The summed E-state index contributed by atoms with van der Waals surface area (Å²) < 4.78 is 10.3. The lowest BCUT2D eigenvalue weighted by Gasteiger charge is -2.19. The van der Waals surface area contributed by atoms with Gasteiger partial charge in [-0.25, -0.2) is 0 Å². The topological polar surface area (TPSA) is 60.5 Å². The fraction of sp³-hybridized carbons (Fsp3) is 0.250. The molecular formula is C24H26N2O3. The predicted molar refractivity (Wildman–Crippen MR) is 114 cm³/mol. The van der Waals surface area contributed by atoms with Crippen molar-refractivity contribution in [1.29, 1.82) is 0 Å². The van der Waals surface area contributed by atoms with E-state index in [-0.39, 0.29) is 17.7 Å². The molecule has 0 bridgehead atoms. The third kappa shape index (κ3) is 5.35. The van der Waals surface area contributed by atoms with Crippen LogP contribution in [0.2, 0.25) is 0 Å². The van der Waals surface area contributed by atoms with Gasteiger partial charge in [-0.15, -0.1) is 0 Å². The quantitative estimate of drug-likeness (QED) is 0.724. The summed E-state index contributed by atoms with van der Waals surface area (Å²) in [6.45, 7) is 0.530. The van der Waals surface area contributed by atoms with Gasteiger partial charge in [0.05, 0.1) is 14.2 Å². The Morgan fingerprint density at radius 3 is 2.69 bits per heavy atom. The highest BCUT2D eigenvalue weighted by molar-refractivity contribution is 5.96. The molecule has 150 valence electrons. The van der Waals surface area contributed by atoms with Gasteiger partial charge in [-0.1, -0.05) is 60.7 Å². The zero-order valence-corrected chi connectivity index (χ0v) is 16.8. The van der Waals surface area contributed by atoms with Crippen molar-refractivity contribution >= 4 is 5.91 Å². The van der Waals surface area contributed by atoms with Gasteiger partial charge in [-0.05, 0) is 30.0 Å². The van der Waals surface area contributed by atoms with Gasteiger partial charge in [0.25, 0.3) is 5.91 Å². The Morgan fingerprint density at radius 1 is 1.10 bits per heavy atom. The third-order valence-corrected chi connectivity index (χ3v) is 4.81. The van der Waals surface area contributed by atoms with E-state index < -0.39 is 0 Å². The van der Waals surface area contributed by atoms with E-state index in [0.29, 0.717) is 18.0 Å². The summed E-state index contributed by atoms with van der Waals surface area (Å²) in [5, 5.41) is 3.00. The SMILES string of the molecule is COc1ccc(C(=O)NCCC(C2=CC=CCC=C2)c2ccccc2)c(OC)n1. The van der Waals surface area contributed by atoms with E-state index in [0.717, 1.165) is 12.8 Å². The van der Waals surface area contributed by atoms with Gasteiger partial charge in [0.1, 0.15) is 5.56 Å². The number of carbonyl (C=O) groups excluding carboxylic acids is 1. The normalized spacial score (nSPS) is 13.9. The number of nitrogens with one attached hydrogen (secondary N) is 1. The van der Waals surface area contributed by atoms with E-state index in [2.05, 4.69) is 52.8 Å². The third-order valence-electron chi connectivity index (χ3n) is 4.81. The number of nitrogens with zero attached hydrogens (tertiary/aromatic N) is 1. The first-order valence-electron chi connectivity index (χ1n) is 9.68. The number of amides is 1. The lowest BCUT2D eigenvalue weighted by Crippen LogP contribution is -2.26. The maximum atomic E-state index is 12.7. The van der Waals surface area contributed by atoms with Crippen molar-refractivity contribution in [3.63, 3.8) is 0 Å². The van der Waals surface area contributed by atoms with Crippen LogP contribution in [0, 0.1) is 0 Å². The molecule has 0 saturated heterocycles. The van der Waals surface area contributed by atoms with Crippen molar-refractivity contribution in [1.82, 2.24) is 10.3 Å². The monoisotopic (exact) mass is 390 g/mol. The smallest absolute Gasteiger partial charge is 0.256 e. The van der Waals surface area contributed by atoms with E-state index in [1.54, 1.807) is 12.1 Å². The molecule has 5 nitrogen and oxygen atoms in total. The van der Waals surface area contributed by atoms with Crippen LogP contribution in [0.4, 0.5) is 0 Å². The van der Waals surface area contributed by atoms with E-state index in [4.69, 9.17) is 9.47 Å². The second-order valence-electron chi connectivity index (χ2n) is 6.65. The van der Waals surface area contributed by atoms with Crippen LogP contribution in [0.3, 0.4) is 0 Å². The molecule has 1 atom stereocenters. The maximum absolute atomic E-state index is 12.7. The molecule has 0 radical (unpaired) electrons. The minimum atomic E-state index is -0.214. The van der Waals surface area contributed by atoms with E-state index in [1.165, 1.54) is 25.4 Å². The minimum absolute atomic E-state index is 0.200. The lowest BCUT2D eigenvalue weighted by atomic mass is 9.87. The highest BCUT2D eigenvalue weighted by atomic mass is 16.5. The molecule has 1 aromatic carbocycles. The van der Waals surface area contributed by atoms with Crippen molar-refractivity contribution in [2.75, 3.05) is 20.8 Å². The van der Waals surface area contributed by atoms with Gasteiger partial charge in [-0.2, -0.15) is 4.98 Å². The Balaban J connectivity index is 1.71. The van der Waals surface area contributed by atoms with Crippen molar-refractivity contribution in [3.05, 3.63) is 89.5 Å². The van der Waals surface area contributed by atoms with Gasteiger partial charge in [-0.3, -0.25) is 4.79 Å². The standard InChI is InChI=1S/C24H26N2O3/c1-28-22-15-14-21(24(26-22)29-2)23(27)25-17-16-20(19-12-8-5-9-13-19)18-10-6-3-4-7-11-18/h3,5-15,20H,4,16-17H2,1-2H3,(H,25,27). The van der Waals surface area contributed by atoms with Gasteiger partial charge in [0, 0.05) is 18.5 Å². The van der Waals surface area contributed by atoms with Crippen molar-refractivity contribution in [2.45, 2.75) is 18.8 Å². The highest BCUT2D eigenvalue weighted by Gasteiger charge is 2.18. The summed E-state index contributed by atoms with van der Waals surface area (Å²) >= 11 is 0. The number of hydrogen-bond acceptors (Lipinski definition) is 4. The number of methoxy groups -OCH3 is 2. The second kappa shape index (κ2) is 10.3. The van der Waals surface area contributed by atoms with Crippen molar-refractivity contribution < 1.29 is 14.3 Å². The van der Waals surface area contributed by atoms with Crippen LogP contribution < -0.4 is 14.8 Å². The number of rotatable bonds is 8. The molecule has 1 N–H and O–H groups in total. The Hall–Kier alpha value is -3.34. The predicted octanol–water partition coefficient (Wildman–Crippen LogP) is 4.45. The average Bonchev–Trinajstić information content (AvgIpc) is 3.06. The molecule has 1 amide bonds. The highest BCUT2D eigenvalue weighted by Crippen LogP contribution is 2.29. The van der Waals surface area contributed by atoms with Crippen LogP contribution in [-0.4, -0.2) is 31.7 Å². The van der Waals surface area contributed by atoms with Crippen LogP contribution in [0.5, 0.6) is 11.8 Å². The minimum Gasteiger partial charge on any atom is -0.481 e. The molecule has 0 spiro atoms. The van der Waals surface area contributed by atoms with Crippen LogP contribution >= 0.6 is 0 Å². The van der Waals surface area contributed by atoms with Crippen molar-refractivity contribution in [3.8, 4) is 11.8 Å². The summed E-state index contributed by atoms with van der Waals surface area (Å²) in [6, 6.07) is 13.7. The fourth-order valence-corrected chi connectivity index (χ4v) is 3.33. The largest absolute Gasteiger partial charge is 0.481 e. The molecule has 1 unspecified atom stereocenters. The summed E-state index contributed by atoms with van der Waals surface area (Å²) in [7, 11) is 3.01. The van der Waals surface area contributed by atoms with Gasteiger partial charge in [0.15, 0.2) is 0 Å². The molecule has 1 aliphatic carbocycles. The Labute approximate surface area is 171 Å². The molecular weight excluding hydrogens is 364 g/mol.